The van der Waals surface area contributed by atoms with E-state index in [1.165, 1.54) is 0 Å². The molecule has 0 spiro atoms. The fourth-order valence-corrected chi connectivity index (χ4v) is 3.29. The number of rotatable bonds is 5. The van der Waals surface area contributed by atoms with Crippen LogP contribution in [0.2, 0.25) is 5.02 Å². The summed E-state index contributed by atoms with van der Waals surface area (Å²) in [7, 11) is 1.61. The van der Waals surface area contributed by atoms with Crippen LogP contribution < -0.4 is 10.1 Å². The molecule has 31 heavy (non-hydrogen) atoms. The maximum atomic E-state index is 13.0. The molecule has 4 rings (SSSR count). The van der Waals surface area contributed by atoms with E-state index in [4.69, 9.17) is 16.3 Å². The minimum atomic E-state index is -0.379. The smallest absolute Gasteiger partial charge is 0.295 e. The SMILES string of the molecule is COc1ccc(-n2nc(C(=O)Nc3cccc(C)c3C)nc2-c2ccc(Cl)cc2)cc1. The van der Waals surface area contributed by atoms with Crippen LogP contribution in [0.1, 0.15) is 21.7 Å². The van der Waals surface area contributed by atoms with E-state index in [0.717, 1.165) is 33.8 Å². The van der Waals surface area contributed by atoms with E-state index in [1.807, 2.05) is 68.4 Å². The highest BCUT2D eigenvalue weighted by atomic mass is 35.5. The van der Waals surface area contributed by atoms with Crippen molar-refractivity contribution in [1.29, 1.82) is 0 Å². The van der Waals surface area contributed by atoms with Crippen LogP contribution in [0.5, 0.6) is 5.75 Å². The highest BCUT2D eigenvalue weighted by Crippen LogP contribution is 2.25. The molecule has 156 valence electrons. The first-order valence-electron chi connectivity index (χ1n) is 9.71. The van der Waals surface area contributed by atoms with Crippen LogP contribution in [0.25, 0.3) is 17.1 Å². The number of aromatic nitrogens is 3. The molecule has 0 unspecified atom stereocenters. The Morgan fingerprint density at radius 3 is 2.39 bits per heavy atom. The van der Waals surface area contributed by atoms with Crippen molar-refractivity contribution in [3.63, 3.8) is 0 Å². The van der Waals surface area contributed by atoms with Gasteiger partial charge in [0, 0.05) is 16.3 Å². The predicted molar refractivity (Wildman–Crippen MR) is 122 cm³/mol. The van der Waals surface area contributed by atoms with Gasteiger partial charge in [0.05, 0.1) is 12.8 Å². The van der Waals surface area contributed by atoms with E-state index in [9.17, 15) is 4.79 Å². The Hall–Kier alpha value is -3.64. The zero-order chi connectivity index (χ0) is 22.0. The summed E-state index contributed by atoms with van der Waals surface area (Å²) in [6, 6.07) is 20.4. The number of aryl methyl sites for hydroxylation is 1. The normalized spacial score (nSPS) is 10.7. The van der Waals surface area contributed by atoms with Crippen molar-refractivity contribution < 1.29 is 9.53 Å². The molecule has 4 aromatic rings. The quantitative estimate of drug-likeness (QED) is 0.454. The lowest BCUT2D eigenvalue weighted by Crippen LogP contribution is -2.15. The maximum absolute atomic E-state index is 13.0. The largest absolute Gasteiger partial charge is 0.497 e. The van der Waals surface area contributed by atoms with Crippen LogP contribution in [-0.4, -0.2) is 27.8 Å². The number of amides is 1. The number of methoxy groups -OCH3 is 1. The van der Waals surface area contributed by atoms with E-state index in [-0.39, 0.29) is 11.7 Å². The summed E-state index contributed by atoms with van der Waals surface area (Å²) >= 11 is 6.04. The summed E-state index contributed by atoms with van der Waals surface area (Å²) in [5.74, 6) is 0.954. The molecule has 0 bridgehead atoms. The Balaban J connectivity index is 1.75. The molecule has 1 heterocycles. The van der Waals surface area contributed by atoms with Crippen LogP contribution in [0.15, 0.2) is 66.7 Å². The standard InChI is InChI=1S/C24H21ClN4O2/c1-15-5-4-6-21(16(15)2)26-24(30)22-27-23(17-7-9-18(25)10-8-17)29(28-22)19-11-13-20(31-3)14-12-19/h4-14H,1-3H3,(H,26,30). The first kappa shape index (κ1) is 20.6. The molecule has 0 aliphatic rings. The van der Waals surface area contributed by atoms with Gasteiger partial charge in [-0.2, -0.15) is 0 Å². The second kappa shape index (κ2) is 8.62. The summed E-state index contributed by atoms with van der Waals surface area (Å²) < 4.78 is 6.88. The summed E-state index contributed by atoms with van der Waals surface area (Å²) in [5, 5.41) is 8.04. The van der Waals surface area contributed by atoms with E-state index in [2.05, 4.69) is 15.4 Å². The highest BCUT2D eigenvalue weighted by Gasteiger charge is 2.19. The van der Waals surface area contributed by atoms with Crippen LogP contribution in [0.3, 0.4) is 0 Å². The van der Waals surface area contributed by atoms with Gasteiger partial charge in [0.2, 0.25) is 5.82 Å². The minimum Gasteiger partial charge on any atom is -0.497 e. The molecule has 1 amide bonds. The van der Waals surface area contributed by atoms with Crippen molar-refractivity contribution in [1.82, 2.24) is 14.8 Å². The Morgan fingerprint density at radius 2 is 1.71 bits per heavy atom. The number of halogens is 1. The van der Waals surface area contributed by atoms with Gasteiger partial charge in [-0.3, -0.25) is 4.79 Å². The summed E-state index contributed by atoms with van der Waals surface area (Å²) in [4.78, 5) is 17.5. The monoisotopic (exact) mass is 432 g/mol. The van der Waals surface area contributed by atoms with Gasteiger partial charge in [-0.15, -0.1) is 5.10 Å². The van der Waals surface area contributed by atoms with Gasteiger partial charge >= 0.3 is 0 Å². The third kappa shape index (κ3) is 4.29. The number of benzene rings is 3. The van der Waals surface area contributed by atoms with Crippen LogP contribution in [0.4, 0.5) is 5.69 Å². The molecule has 6 nitrogen and oxygen atoms in total. The number of hydrogen-bond acceptors (Lipinski definition) is 4. The highest BCUT2D eigenvalue weighted by molar-refractivity contribution is 6.30. The van der Waals surface area contributed by atoms with Crippen molar-refractivity contribution in [3.05, 3.63) is 88.7 Å². The lowest BCUT2D eigenvalue weighted by Gasteiger charge is -2.08. The second-order valence-electron chi connectivity index (χ2n) is 7.08. The molecule has 0 aliphatic heterocycles. The maximum Gasteiger partial charge on any atom is 0.295 e. The molecule has 0 saturated heterocycles. The summed E-state index contributed by atoms with van der Waals surface area (Å²) in [6.45, 7) is 3.97. The predicted octanol–water partition coefficient (Wildman–Crippen LogP) is 5.47. The van der Waals surface area contributed by atoms with Gasteiger partial charge in [-0.05, 0) is 79.6 Å². The average Bonchev–Trinajstić information content (AvgIpc) is 3.23. The van der Waals surface area contributed by atoms with Crippen LogP contribution >= 0.6 is 11.6 Å². The molecule has 3 aromatic carbocycles. The molecule has 7 heteroatoms. The third-order valence-corrected chi connectivity index (χ3v) is 5.33. The van der Waals surface area contributed by atoms with E-state index in [1.54, 1.807) is 23.9 Å². The van der Waals surface area contributed by atoms with Crippen molar-refractivity contribution in [2.24, 2.45) is 0 Å². The van der Waals surface area contributed by atoms with Crippen molar-refractivity contribution in [3.8, 4) is 22.8 Å². The van der Waals surface area contributed by atoms with Gasteiger partial charge in [-0.25, -0.2) is 9.67 Å². The number of anilines is 1. The fraction of sp³-hybridized carbons (Fsp3) is 0.125. The number of carbonyl (C=O) groups excluding carboxylic acids is 1. The van der Waals surface area contributed by atoms with Crippen LogP contribution in [0, 0.1) is 13.8 Å². The third-order valence-electron chi connectivity index (χ3n) is 5.08. The molecular formula is C24H21ClN4O2. The van der Waals surface area contributed by atoms with E-state index >= 15 is 0 Å². The number of carbonyl (C=O) groups is 1. The Labute approximate surface area is 185 Å². The van der Waals surface area contributed by atoms with Crippen LogP contribution in [-0.2, 0) is 0 Å². The number of nitrogens with zero attached hydrogens (tertiary/aromatic N) is 3. The Bertz CT molecular complexity index is 1230. The van der Waals surface area contributed by atoms with Gasteiger partial charge in [0.25, 0.3) is 5.91 Å². The molecule has 1 N–H and O–H groups in total. The van der Waals surface area contributed by atoms with Gasteiger partial charge in [-0.1, -0.05) is 23.7 Å². The Morgan fingerprint density at radius 1 is 1.00 bits per heavy atom. The lowest BCUT2D eigenvalue weighted by molar-refractivity contribution is 0.101. The lowest BCUT2D eigenvalue weighted by atomic mass is 10.1. The molecule has 0 radical (unpaired) electrons. The second-order valence-corrected chi connectivity index (χ2v) is 7.51. The molecular weight excluding hydrogens is 412 g/mol. The van der Waals surface area contributed by atoms with Gasteiger partial charge < -0.3 is 10.1 Å². The summed E-state index contributed by atoms with van der Waals surface area (Å²) in [5.41, 5.74) is 4.38. The average molecular weight is 433 g/mol. The molecule has 0 fully saturated rings. The molecule has 1 aromatic heterocycles. The number of ether oxygens (including phenoxy) is 1. The number of hydrogen-bond donors (Lipinski definition) is 1. The first-order valence-corrected chi connectivity index (χ1v) is 10.1. The molecule has 0 saturated carbocycles. The first-order chi connectivity index (χ1) is 15.0. The number of nitrogens with one attached hydrogen (secondary N) is 1. The van der Waals surface area contributed by atoms with Gasteiger partial charge in [0.1, 0.15) is 5.75 Å². The van der Waals surface area contributed by atoms with E-state index in [0.29, 0.717) is 10.8 Å². The van der Waals surface area contributed by atoms with Crippen molar-refractivity contribution >= 4 is 23.2 Å². The topological polar surface area (TPSA) is 69.0 Å². The zero-order valence-electron chi connectivity index (χ0n) is 17.4. The Kier molecular flexibility index (Phi) is 5.73. The van der Waals surface area contributed by atoms with Gasteiger partial charge in [0.15, 0.2) is 5.82 Å². The molecule has 0 atom stereocenters. The zero-order valence-corrected chi connectivity index (χ0v) is 18.1. The minimum absolute atomic E-state index is 0.0710. The molecule has 0 aliphatic carbocycles. The van der Waals surface area contributed by atoms with Crippen molar-refractivity contribution in [2.45, 2.75) is 13.8 Å². The summed E-state index contributed by atoms with van der Waals surface area (Å²) in [6.07, 6.45) is 0. The fourth-order valence-electron chi connectivity index (χ4n) is 3.16. The van der Waals surface area contributed by atoms with Crippen molar-refractivity contribution in [2.75, 3.05) is 12.4 Å². The van der Waals surface area contributed by atoms with E-state index < -0.39 is 0 Å².